The summed E-state index contributed by atoms with van der Waals surface area (Å²) in [6.45, 7) is 1.74. The van der Waals surface area contributed by atoms with Crippen LogP contribution in [0.25, 0.3) is 10.9 Å². The number of nitrogens with one attached hydrogen (secondary N) is 3. The van der Waals surface area contributed by atoms with E-state index in [1.807, 2.05) is 12.1 Å². The molecule has 1 aliphatic heterocycles. The van der Waals surface area contributed by atoms with Crippen LogP contribution in [-0.4, -0.2) is 40.4 Å². The fourth-order valence-electron chi connectivity index (χ4n) is 3.43. The highest BCUT2D eigenvalue weighted by Crippen LogP contribution is 2.31. The quantitative estimate of drug-likeness (QED) is 0.410. The Kier molecular flexibility index (Phi) is 4.68. The number of ketones is 1. The summed E-state index contributed by atoms with van der Waals surface area (Å²) in [4.78, 5) is 41.1. The van der Waals surface area contributed by atoms with Gasteiger partial charge in [-0.1, -0.05) is 18.2 Å². The van der Waals surface area contributed by atoms with Crippen molar-refractivity contribution in [3.63, 3.8) is 0 Å². The Morgan fingerprint density at radius 3 is 2.74 bits per heavy atom. The van der Waals surface area contributed by atoms with Crippen LogP contribution in [0, 0.1) is 24.2 Å². The number of amides is 1. The van der Waals surface area contributed by atoms with Crippen LogP contribution in [-0.2, 0) is 14.3 Å². The lowest BCUT2D eigenvalue weighted by molar-refractivity contribution is -0.152. The molecule has 3 N–H and O–H groups in total. The number of carbonyl (C=O) groups is 3. The number of thiocarbonyl (C=S) groups is 1. The number of benzene rings is 1. The van der Waals surface area contributed by atoms with Gasteiger partial charge in [-0.05, 0) is 25.2 Å². The molecule has 0 bridgehead atoms. The zero-order chi connectivity index (χ0) is 19.8. The molecule has 1 saturated heterocycles. The second-order valence-electron chi connectivity index (χ2n) is 6.24. The van der Waals surface area contributed by atoms with E-state index in [-0.39, 0.29) is 5.11 Å². The number of fused-ring (bicyclic) bond motifs is 1. The van der Waals surface area contributed by atoms with Crippen molar-refractivity contribution in [2.24, 2.45) is 5.92 Å². The van der Waals surface area contributed by atoms with Crippen LogP contribution in [0.1, 0.15) is 22.5 Å². The van der Waals surface area contributed by atoms with E-state index >= 15 is 0 Å². The third-order valence-electron chi connectivity index (χ3n) is 4.62. The minimum atomic E-state index is -1.90. The van der Waals surface area contributed by atoms with Gasteiger partial charge in [0.2, 0.25) is 5.91 Å². The fraction of sp³-hybridized carbons (Fsp3) is 0.278. The van der Waals surface area contributed by atoms with Crippen LogP contribution in [0.5, 0.6) is 0 Å². The van der Waals surface area contributed by atoms with Crippen molar-refractivity contribution in [1.82, 2.24) is 15.6 Å². The number of rotatable bonds is 4. The number of aromatic nitrogens is 1. The van der Waals surface area contributed by atoms with Crippen molar-refractivity contribution in [1.29, 1.82) is 5.26 Å². The number of Topliss-reactive ketones (excluding diaryl/α,β-unsaturated/α-hetero) is 1. The van der Waals surface area contributed by atoms with Crippen LogP contribution in [0.4, 0.5) is 0 Å². The van der Waals surface area contributed by atoms with Gasteiger partial charge in [0.05, 0.1) is 13.2 Å². The topological polar surface area (TPSA) is 124 Å². The summed E-state index contributed by atoms with van der Waals surface area (Å²) < 4.78 is 4.81. The third-order valence-corrected chi connectivity index (χ3v) is 4.82. The molecule has 3 rings (SSSR count). The Balaban J connectivity index is 2.10. The van der Waals surface area contributed by atoms with Crippen LogP contribution in [0.3, 0.4) is 0 Å². The van der Waals surface area contributed by atoms with Crippen molar-refractivity contribution < 1.29 is 19.1 Å². The number of ether oxygens (including phenoxy) is 1. The van der Waals surface area contributed by atoms with Gasteiger partial charge in [-0.25, -0.2) is 4.79 Å². The van der Waals surface area contributed by atoms with E-state index in [0.717, 1.165) is 12.6 Å². The van der Waals surface area contributed by atoms with E-state index in [9.17, 15) is 19.6 Å². The fourth-order valence-corrected chi connectivity index (χ4v) is 3.71. The van der Waals surface area contributed by atoms with Gasteiger partial charge in [0.15, 0.2) is 22.4 Å². The highest BCUT2D eigenvalue weighted by atomic mass is 32.1. The van der Waals surface area contributed by atoms with E-state index in [4.69, 9.17) is 17.0 Å². The molecular weight excluding hydrogens is 368 g/mol. The second-order valence-corrected chi connectivity index (χ2v) is 6.65. The van der Waals surface area contributed by atoms with Gasteiger partial charge in [-0.2, -0.15) is 5.26 Å². The first-order valence-electron chi connectivity index (χ1n) is 8.05. The number of carbonyl (C=O) groups excluding carboxylic acids is 3. The number of para-hydroxylation sites is 1. The number of nitrogens with zero attached hydrogens (tertiary/aromatic N) is 1. The van der Waals surface area contributed by atoms with Crippen LogP contribution in [0.2, 0.25) is 0 Å². The molecule has 2 atom stereocenters. The molecule has 1 aromatic carbocycles. The summed E-state index contributed by atoms with van der Waals surface area (Å²) >= 11 is 4.98. The monoisotopic (exact) mass is 384 g/mol. The first-order valence-corrected chi connectivity index (χ1v) is 8.46. The Morgan fingerprint density at radius 1 is 1.37 bits per heavy atom. The minimum Gasteiger partial charge on any atom is -0.467 e. The number of nitriles is 1. The van der Waals surface area contributed by atoms with Crippen molar-refractivity contribution in [2.45, 2.75) is 18.9 Å². The Labute approximate surface area is 159 Å². The summed E-state index contributed by atoms with van der Waals surface area (Å²) in [6.07, 6.45) is -0.464. The summed E-state index contributed by atoms with van der Waals surface area (Å²) in [7, 11) is 1.12. The average Bonchev–Trinajstić information content (AvgIpc) is 2.96. The maximum absolute atomic E-state index is 13.2. The summed E-state index contributed by atoms with van der Waals surface area (Å²) in [6, 6.07) is 9.02. The number of aromatic amines is 1. The normalized spacial score (nSPS) is 21.9. The smallest absolute Gasteiger partial charge is 0.334 e. The van der Waals surface area contributed by atoms with Gasteiger partial charge in [-0.3, -0.25) is 9.59 Å². The van der Waals surface area contributed by atoms with Gasteiger partial charge in [-0.15, -0.1) is 0 Å². The first kappa shape index (κ1) is 18.5. The molecule has 0 unspecified atom stereocenters. The van der Waals surface area contributed by atoms with Crippen molar-refractivity contribution in [3.8, 4) is 6.07 Å². The minimum absolute atomic E-state index is 0.139. The largest absolute Gasteiger partial charge is 0.467 e. The van der Waals surface area contributed by atoms with Gasteiger partial charge >= 0.3 is 5.97 Å². The molecule has 1 fully saturated rings. The molecule has 0 radical (unpaired) electrons. The maximum atomic E-state index is 13.2. The molecule has 0 saturated carbocycles. The molecule has 9 heteroatoms. The summed E-state index contributed by atoms with van der Waals surface area (Å²) in [5.74, 6) is -3.56. The zero-order valence-corrected chi connectivity index (χ0v) is 15.4. The Bertz CT molecular complexity index is 1020. The molecule has 2 heterocycles. The van der Waals surface area contributed by atoms with Gasteiger partial charge in [0, 0.05) is 28.6 Å². The number of hydrogen-bond acceptors (Lipinski definition) is 6. The van der Waals surface area contributed by atoms with Gasteiger partial charge in [0.1, 0.15) is 0 Å². The van der Waals surface area contributed by atoms with Crippen molar-refractivity contribution >= 4 is 45.9 Å². The Hall–Kier alpha value is -3.25. The van der Waals surface area contributed by atoms with E-state index in [2.05, 4.69) is 15.6 Å². The number of hydrogen-bond donors (Lipinski definition) is 3. The number of aryl methyl sites for hydroxylation is 1. The summed E-state index contributed by atoms with van der Waals surface area (Å²) in [5.41, 5.74) is -0.112. The van der Waals surface area contributed by atoms with E-state index in [0.29, 0.717) is 16.6 Å². The van der Waals surface area contributed by atoms with Crippen molar-refractivity contribution in [3.05, 3.63) is 35.5 Å². The summed E-state index contributed by atoms with van der Waals surface area (Å²) in [5, 5.41) is 15.0. The molecule has 0 spiro atoms. The SMILES string of the molecule is COC(=O)[C@@]1(CC(=O)c2c(C)[nH]c3ccccc23)NC(=S)NC(=O)[C@H]1C#N. The molecule has 8 nitrogen and oxygen atoms in total. The number of H-pyrrole nitrogens is 1. The standard InChI is InChI=1S/C18H16N4O4S/c1-9-14(10-5-3-4-6-12(10)20-9)13(23)7-18(16(25)26-2)11(8-19)15(24)21-17(27)22-18/h3-6,11,20H,7H2,1-2H3,(H2,21,22,24,27)/t11-,18+/m1/s1. The van der Waals surface area contributed by atoms with E-state index in [1.165, 1.54) is 0 Å². The second kappa shape index (κ2) is 6.81. The molecular formula is C18H16N4O4S. The van der Waals surface area contributed by atoms with Crippen LogP contribution >= 0.6 is 12.2 Å². The predicted octanol–water partition coefficient (Wildman–Crippen LogP) is 1.10. The van der Waals surface area contributed by atoms with Gasteiger partial charge < -0.3 is 20.4 Å². The molecule has 1 aromatic heterocycles. The van der Waals surface area contributed by atoms with E-state index < -0.39 is 35.5 Å². The highest BCUT2D eigenvalue weighted by molar-refractivity contribution is 7.80. The first-order chi connectivity index (χ1) is 12.8. The predicted molar refractivity (Wildman–Crippen MR) is 99.7 cm³/mol. The lowest BCUT2D eigenvalue weighted by Gasteiger charge is -2.38. The van der Waals surface area contributed by atoms with Gasteiger partial charge in [0.25, 0.3) is 0 Å². The molecule has 0 aliphatic carbocycles. The molecule has 27 heavy (non-hydrogen) atoms. The van der Waals surface area contributed by atoms with Crippen LogP contribution in [0.15, 0.2) is 24.3 Å². The maximum Gasteiger partial charge on any atom is 0.334 e. The number of esters is 1. The zero-order valence-electron chi connectivity index (χ0n) is 14.6. The Morgan fingerprint density at radius 2 is 2.07 bits per heavy atom. The highest BCUT2D eigenvalue weighted by Gasteiger charge is 2.55. The van der Waals surface area contributed by atoms with Crippen molar-refractivity contribution in [2.75, 3.05) is 7.11 Å². The average molecular weight is 384 g/mol. The third kappa shape index (κ3) is 2.94. The number of methoxy groups -OCH3 is 1. The molecule has 1 aliphatic rings. The lowest BCUT2D eigenvalue weighted by atomic mass is 9.77. The molecule has 138 valence electrons. The van der Waals surface area contributed by atoms with Crippen LogP contribution < -0.4 is 10.6 Å². The lowest BCUT2D eigenvalue weighted by Crippen LogP contribution is -2.70. The molecule has 1 amide bonds. The van der Waals surface area contributed by atoms with E-state index in [1.54, 1.807) is 25.1 Å². The molecule has 2 aromatic rings.